The summed E-state index contributed by atoms with van der Waals surface area (Å²) in [6, 6.07) is 14.8. The molecule has 0 atom stereocenters. The van der Waals surface area contributed by atoms with Crippen molar-refractivity contribution >= 4 is 47.2 Å². The average molecular weight is 484 g/mol. The molecule has 0 saturated heterocycles. The van der Waals surface area contributed by atoms with Gasteiger partial charge < -0.3 is 25.4 Å². The fourth-order valence-corrected chi connectivity index (χ4v) is 2.23. The molecule has 0 fully saturated rings. The molecule has 0 radical (unpaired) electrons. The molecular weight excluding hydrogens is 459 g/mol. The van der Waals surface area contributed by atoms with E-state index in [1.807, 2.05) is 55.5 Å². The van der Waals surface area contributed by atoms with Crippen LogP contribution < -0.4 is 25.4 Å². The van der Waals surface area contributed by atoms with Gasteiger partial charge in [-0.2, -0.15) is 0 Å². The van der Waals surface area contributed by atoms with Gasteiger partial charge in [0.1, 0.15) is 0 Å². The van der Waals surface area contributed by atoms with Crippen LogP contribution >= 0.6 is 24.0 Å². The maximum Gasteiger partial charge on any atom is 0.243 e. The molecule has 8 heteroatoms. The zero-order valence-corrected chi connectivity index (χ0v) is 17.9. The Balaban J connectivity index is 0.00000364. The number of rotatable bonds is 7. The Kier molecular flexibility index (Phi) is 10.0. The van der Waals surface area contributed by atoms with E-state index < -0.39 is 0 Å². The minimum atomic E-state index is -0.163. The van der Waals surface area contributed by atoms with Crippen LogP contribution in [0.5, 0.6) is 11.5 Å². The van der Waals surface area contributed by atoms with E-state index in [9.17, 15) is 4.79 Å². The van der Waals surface area contributed by atoms with Crippen LogP contribution in [0.1, 0.15) is 6.92 Å². The van der Waals surface area contributed by atoms with Gasteiger partial charge in [0, 0.05) is 24.5 Å². The van der Waals surface area contributed by atoms with Crippen molar-refractivity contribution in [2.45, 2.75) is 6.92 Å². The van der Waals surface area contributed by atoms with Crippen molar-refractivity contribution in [2.24, 2.45) is 4.99 Å². The molecule has 0 aromatic heterocycles. The van der Waals surface area contributed by atoms with Crippen LogP contribution in [0, 0.1) is 0 Å². The number of carbonyl (C=O) groups excluding carboxylic acids is 1. The molecule has 146 valence electrons. The van der Waals surface area contributed by atoms with E-state index in [1.165, 1.54) is 0 Å². The lowest BCUT2D eigenvalue weighted by atomic mass is 10.2. The quantitative estimate of drug-likeness (QED) is 0.319. The van der Waals surface area contributed by atoms with Gasteiger partial charge in [-0.3, -0.25) is 9.79 Å². The van der Waals surface area contributed by atoms with E-state index >= 15 is 0 Å². The molecule has 27 heavy (non-hydrogen) atoms. The summed E-state index contributed by atoms with van der Waals surface area (Å²) in [7, 11) is 3.23. The smallest absolute Gasteiger partial charge is 0.243 e. The van der Waals surface area contributed by atoms with E-state index in [4.69, 9.17) is 9.47 Å². The zero-order chi connectivity index (χ0) is 18.8. The fourth-order valence-electron chi connectivity index (χ4n) is 2.23. The molecule has 2 rings (SSSR count). The van der Waals surface area contributed by atoms with E-state index in [0.717, 1.165) is 11.4 Å². The van der Waals surface area contributed by atoms with Gasteiger partial charge in [-0.25, -0.2) is 0 Å². The summed E-state index contributed by atoms with van der Waals surface area (Å²) in [5, 5.41) is 8.90. The normalized spacial score (nSPS) is 10.4. The van der Waals surface area contributed by atoms with E-state index in [0.29, 0.717) is 24.1 Å². The number of methoxy groups -OCH3 is 1. The largest absolute Gasteiger partial charge is 0.493 e. The Bertz CT molecular complexity index is 754. The van der Waals surface area contributed by atoms with E-state index in [2.05, 4.69) is 20.9 Å². The molecular formula is C19H25IN4O3. The van der Waals surface area contributed by atoms with Crippen LogP contribution in [0.4, 0.5) is 11.4 Å². The predicted octanol–water partition coefficient (Wildman–Crippen LogP) is 3.34. The molecule has 3 N–H and O–H groups in total. The van der Waals surface area contributed by atoms with E-state index in [1.54, 1.807) is 14.2 Å². The minimum absolute atomic E-state index is 0. The molecule has 2 aromatic rings. The monoisotopic (exact) mass is 484 g/mol. The van der Waals surface area contributed by atoms with Gasteiger partial charge in [0.05, 0.1) is 20.3 Å². The van der Waals surface area contributed by atoms with Crippen molar-refractivity contribution in [3.63, 3.8) is 0 Å². The lowest BCUT2D eigenvalue weighted by Crippen LogP contribution is -2.37. The molecule has 2 aromatic carbocycles. The minimum Gasteiger partial charge on any atom is -0.493 e. The molecule has 0 aliphatic rings. The van der Waals surface area contributed by atoms with Gasteiger partial charge in [0.2, 0.25) is 5.91 Å². The summed E-state index contributed by atoms with van der Waals surface area (Å²) < 4.78 is 10.8. The highest BCUT2D eigenvalue weighted by Gasteiger charge is 2.08. The predicted molar refractivity (Wildman–Crippen MR) is 120 cm³/mol. The third kappa shape index (κ3) is 7.33. The van der Waals surface area contributed by atoms with Crippen molar-refractivity contribution in [2.75, 3.05) is 37.9 Å². The van der Waals surface area contributed by atoms with Gasteiger partial charge in [-0.05, 0) is 31.2 Å². The molecule has 0 unspecified atom stereocenters. The lowest BCUT2D eigenvalue weighted by molar-refractivity contribution is -0.115. The molecule has 0 aliphatic heterocycles. The molecule has 0 spiro atoms. The fraction of sp³-hybridized carbons (Fsp3) is 0.263. The van der Waals surface area contributed by atoms with Gasteiger partial charge in [0.25, 0.3) is 0 Å². The number of halogens is 1. The van der Waals surface area contributed by atoms with Gasteiger partial charge in [-0.1, -0.05) is 18.2 Å². The summed E-state index contributed by atoms with van der Waals surface area (Å²) in [4.78, 5) is 16.1. The number of nitrogens with zero attached hydrogens (tertiary/aromatic N) is 1. The van der Waals surface area contributed by atoms with Crippen LogP contribution in [0.25, 0.3) is 0 Å². The Morgan fingerprint density at radius 2 is 1.78 bits per heavy atom. The Hall–Kier alpha value is -2.49. The molecule has 1 amide bonds. The summed E-state index contributed by atoms with van der Waals surface area (Å²) in [6.45, 7) is 2.53. The van der Waals surface area contributed by atoms with Crippen LogP contribution in [0.15, 0.2) is 53.5 Å². The molecule has 0 bridgehead atoms. The van der Waals surface area contributed by atoms with Crippen LogP contribution in [-0.4, -0.2) is 39.2 Å². The number of nitrogens with one attached hydrogen (secondary N) is 3. The van der Waals surface area contributed by atoms with Crippen molar-refractivity contribution < 1.29 is 14.3 Å². The third-order valence-corrected chi connectivity index (χ3v) is 3.42. The molecule has 0 aliphatic carbocycles. The number of guanidine groups is 1. The van der Waals surface area contributed by atoms with Gasteiger partial charge >= 0.3 is 0 Å². The number of amides is 1. The second-order valence-corrected chi connectivity index (χ2v) is 5.26. The standard InChI is InChI=1S/C19H24N4O3.HI/c1-4-26-17-12-15(10-11-16(17)25-3)23-19(20-2)21-13-18(24)22-14-8-6-5-7-9-14;/h5-12H,4,13H2,1-3H3,(H,22,24)(H2,20,21,23);1H. The van der Waals surface area contributed by atoms with Gasteiger partial charge in [-0.15, -0.1) is 24.0 Å². The van der Waals surface area contributed by atoms with Crippen molar-refractivity contribution in [1.82, 2.24) is 5.32 Å². The summed E-state index contributed by atoms with van der Waals surface area (Å²) in [5.41, 5.74) is 1.52. The summed E-state index contributed by atoms with van der Waals surface area (Å²) in [6.07, 6.45) is 0. The second-order valence-electron chi connectivity index (χ2n) is 5.26. The second kappa shape index (κ2) is 12.0. The number of ether oxygens (including phenoxy) is 2. The Morgan fingerprint density at radius 3 is 2.41 bits per heavy atom. The van der Waals surface area contributed by atoms with Crippen molar-refractivity contribution in [1.29, 1.82) is 0 Å². The highest BCUT2D eigenvalue weighted by Crippen LogP contribution is 2.30. The Labute approximate surface area is 176 Å². The zero-order valence-electron chi connectivity index (χ0n) is 15.6. The SMILES string of the molecule is CCOc1cc(NC(=NC)NCC(=O)Nc2ccccc2)ccc1OC.I. The number of aliphatic imine (C=N–C) groups is 1. The van der Waals surface area contributed by atoms with Crippen molar-refractivity contribution in [3.8, 4) is 11.5 Å². The highest BCUT2D eigenvalue weighted by atomic mass is 127. The number of para-hydroxylation sites is 1. The molecule has 7 nitrogen and oxygen atoms in total. The maximum absolute atomic E-state index is 12.0. The Morgan fingerprint density at radius 1 is 1.04 bits per heavy atom. The first-order valence-electron chi connectivity index (χ1n) is 8.29. The van der Waals surface area contributed by atoms with Crippen molar-refractivity contribution in [3.05, 3.63) is 48.5 Å². The molecule has 0 heterocycles. The van der Waals surface area contributed by atoms with Crippen LogP contribution in [0.3, 0.4) is 0 Å². The number of hydrogen-bond acceptors (Lipinski definition) is 4. The number of carbonyl (C=O) groups is 1. The summed E-state index contributed by atoms with van der Waals surface area (Å²) >= 11 is 0. The first-order valence-corrected chi connectivity index (χ1v) is 8.29. The van der Waals surface area contributed by atoms with E-state index in [-0.39, 0.29) is 36.4 Å². The highest BCUT2D eigenvalue weighted by molar-refractivity contribution is 14.0. The van der Waals surface area contributed by atoms with Crippen LogP contribution in [-0.2, 0) is 4.79 Å². The topological polar surface area (TPSA) is 84.0 Å². The van der Waals surface area contributed by atoms with Crippen LogP contribution in [0.2, 0.25) is 0 Å². The first kappa shape index (κ1) is 22.6. The number of hydrogen-bond donors (Lipinski definition) is 3. The average Bonchev–Trinajstić information content (AvgIpc) is 2.66. The summed E-state index contributed by atoms with van der Waals surface area (Å²) in [5.74, 6) is 1.60. The third-order valence-electron chi connectivity index (χ3n) is 3.42. The number of benzene rings is 2. The first-order chi connectivity index (χ1) is 12.7. The van der Waals surface area contributed by atoms with Gasteiger partial charge in [0.15, 0.2) is 17.5 Å². The molecule has 0 saturated carbocycles. The maximum atomic E-state index is 12.0. The number of anilines is 2. The lowest BCUT2D eigenvalue weighted by Gasteiger charge is -2.14.